The van der Waals surface area contributed by atoms with Crippen LogP contribution in [0.25, 0.3) is 0 Å². The molecule has 3 amide bonds. The van der Waals surface area contributed by atoms with Crippen LogP contribution in [0.15, 0.2) is 42.5 Å². The van der Waals surface area contributed by atoms with Crippen molar-refractivity contribution in [2.45, 2.75) is 51.0 Å². The molecule has 2 saturated heterocycles. The lowest BCUT2D eigenvalue weighted by atomic mass is 9.89. The molecular weight excluding hydrogens is 436 g/mol. The van der Waals surface area contributed by atoms with Gasteiger partial charge in [0.25, 0.3) is 5.91 Å². The van der Waals surface area contributed by atoms with Gasteiger partial charge < -0.3 is 19.5 Å². The molecule has 2 aromatic rings. The fraction of sp³-hybridized carbons (Fsp3) is 0.423. The summed E-state index contributed by atoms with van der Waals surface area (Å²) in [5.41, 5.74) is 3.12. The Kier molecular flexibility index (Phi) is 6.34. The van der Waals surface area contributed by atoms with Gasteiger partial charge in [0.05, 0.1) is 12.6 Å². The monoisotopic (exact) mass is 464 g/mol. The Bertz CT molecular complexity index is 1090. The van der Waals surface area contributed by atoms with Gasteiger partial charge in [-0.25, -0.2) is 0 Å². The fourth-order valence-corrected chi connectivity index (χ4v) is 4.97. The number of carbonyl (C=O) groups excluding carboxylic acids is 3. The Balaban J connectivity index is 1.24. The average molecular weight is 465 g/mol. The number of hydrogen-bond acceptors (Lipinski definition) is 6. The number of fused-ring (bicyclic) bond motifs is 1. The molecule has 0 radical (unpaired) electrons. The van der Waals surface area contributed by atoms with Crippen molar-refractivity contribution in [3.63, 3.8) is 0 Å². The van der Waals surface area contributed by atoms with Gasteiger partial charge in [-0.2, -0.15) is 0 Å². The number of nitrogens with zero attached hydrogens (tertiary/aromatic N) is 1. The Hall–Kier alpha value is -3.23. The minimum Gasteiger partial charge on any atom is -0.489 e. The Morgan fingerprint density at radius 1 is 1.06 bits per heavy atom. The number of rotatable bonds is 6. The maximum absolute atomic E-state index is 13.0. The van der Waals surface area contributed by atoms with Crippen LogP contribution in [0, 0.1) is 5.92 Å². The van der Waals surface area contributed by atoms with Crippen molar-refractivity contribution in [3.8, 4) is 5.75 Å². The van der Waals surface area contributed by atoms with Gasteiger partial charge >= 0.3 is 0 Å². The molecular formula is C26H28N2O6. The third kappa shape index (κ3) is 4.43. The van der Waals surface area contributed by atoms with Crippen molar-refractivity contribution in [2.24, 2.45) is 5.92 Å². The zero-order chi connectivity index (χ0) is 23.7. The summed E-state index contributed by atoms with van der Waals surface area (Å²) >= 11 is 0. The van der Waals surface area contributed by atoms with Crippen molar-refractivity contribution >= 4 is 17.7 Å². The smallest absolute Gasteiger partial charge is 0.255 e. The lowest BCUT2D eigenvalue weighted by Gasteiger charge is -2.29. The number of aliphatic hydroxyl groups excluding tert-OH is 1. The Morgan fingerprint density at radius 2 is 1.82 bits per heavy atom. The highest BCUT2D eigenvalue weighted by Crippen LogP contribution is 2.34. The van der Waals surface area contributed by atoms with Crippen LogP contribution < -0.4 is 10.1 Å². The molecule has 1 unspecified atom stereocenters. The summed E-state index contributed by atoms with van der Waals surface area (Å²) in [6.07, 6.45) is 1.77. The maximum Gasteiger partial charge on any atom is 0.255 e. The normalized spacial score (nSPS) is 21.9. The Morgan fingerprint density at radius 3 is 2.56 bits per heavy atom. The summed E-state index contributed by atoms with van der Waals surface area (Å²) in [7, 11) is 0. The first-order valence-corrected chi connectivity index (χ1v) is 11.8. The third-order valence-corrected chi connectivity index (χ3v) is 6.97. The van der Waals surface area contributed by atoms with Crippen LogP contribution in [0.5, 0.6) is 5.75 Å². The number of hydrogen-bond donors (Lipinski definition) is 2. The van der Waals surface area contributed by atoms with E-state index in [0.29, 0.717) is 37.6 Å². The number of benzene rings is 2. The molecule has 2 fully saturated rings. The molecule has 2 atom stereocenters. The van der Waals surface area contributed by atoms with Gasteiger partial charge in [0.1, 0.15) is 18.4 Å². The molecule has 8 heteroatoms. The second kappa shape index (κ2) is 9.56. The lowest BCUT2D eigenvalue weighted by Crippen LogP contribution is -2.52. The topological polar surface area (TPSA) is 105 Å². The van der Waals surface area contributed by atoms with E-state index >= 15 is 0 Å². The van der Waals surface area contributed by atoms with E-state index in [0.717, 1.165) is 29.5 Å². The first kappa shape index (κ1) is 22.6. The van der Waals surface area contributed by atoms with Gasteiger partial charge in [-0.15, -0.1) is 0 Å². The van der Waals surface area contributed by atoms with Crippen molar-refractivity contribution in [1.82, 2.24) is 10.2 Å². The predicted octanol–water partition coefficient (Wildman–Crippen LogP) is 2.49. The summed E-state index contributed by atoms with van der Waals surface area (Å²) in [6, 6.07) is 12.4. The molecule has 2 aromatic carbocycles. The molecule has 8 nitrogen and oxygen atoms in total. The molecule has 3 heterocycles. The number of amides is 3. The van der Waals surface area contributed by atoms with Gasteiger partial charge in [-0.3, -0.25) is 19.7 Å². The molecule has 3 aliphatic rings. The molecule has 0 bridgehead atoms. The lowest BCUT2D eigenvalue weighted by molar-refractivity contribution is -0.136. The second-order valence-corrected chi connectivity index (χ2v) is 9.11. The quantitative estimate of drug-likeness (QED) is 0.637. The van der Waals surface area contributed by atoms with Crippen molar-refractivity contribution in [2.75, 3.05) is 13.2 Å². The van der Waals surface area contributed by atoms with Gasteiger partial charge in [0.2, 0.25) is 11.8 Å². The largest absolute Gasteiger partial charge is 0.489 e. The van der Waals surface area contributed by atoms with E-state index in [4.69, 9.17) is 9.47 Å². The van der Waals surface area contributed by atoms with Crippen LogP contribution in [0.1, 0.15) is 58.8 Å². The summed E-state index contributed by atoms with van der Waals surface area (Å²) in [5.74, 6) is -0.135. The zero-order valence-corrected chi connectivity index (χ0v) is 18.9. The van der Waals surface area contributed by atoms with Crippen LogP contribution in [-0.4, -0.2) is 47.0 Å². The van der Waals surface area contributed by atoms with Crippen molar-refractivity contribution in [1.29, 1.82) is 0 Å². The van der Waals surface area contributed by atoms with E-state index in [2.05, 4.69) is 5.32 Å². The zero-order valence-electron chi connectivity index (χ0n) is 18.9. The number of ether oxygens (including phenoxy) is 2. The van der Waals surface area contributed by atoms with Crippen LogP contribution in [0.4, 0.5) is 0 Å². The fourth-order valence-electron chi connectivity index (χ4n) is 4.97. The highest BCUT2D eigenvalue weighted by molar-refractivity contribution is 6.05. The van der Waals surface area contributed by atoms with E-state index < -0.39 is 18.1 Å². The third-order valence-electron chi connectivity index (χ3n) is 6.97. The van der Waals surface area contributed by atoms with Gasteiger partial charge in [-0.1, -0.05) is 30.3 Å². The van der Waals surface area contributed by atoms with Crippen molar-refractivity contribution < 1.29 is 29.0 Å². The first-order valence-electron chi connectivity index (χ1n) is 11.8. The minimum absolute atomic E-state index is 0.215. The number of carbonyl (C=O) groups is 3. The number of piperidine rings is 1. The standard InChI is InChI=1S/C26H28N2O6/c29-23-9-8-21(25(31)27-23)28-14-20-19(26(28)32)2-1-3-22(20)34-15-16-4-6-17(7-5-16)24(30)18-10-12-33-13-11-18/h1-7,18,21,24,30H,8-15H2,(H,27,29,31)/t21-,24?/m0/s1. The number of nitrogens with one attached hydrogen (secondary N) is 1. The first-order chi connectivity index (χ1) is 16.5. The summed E-state index contributed by atoms with van der Waals surface area (Å²) in [6.45, 7) is 1.97. The van der Waals surface area contributed by atoms with Crippen LogP contribution >= 0.6 is 0 Å². The number of aliphatic hydroxyl groups is 1. The summed E-state index contributed by atoms with van der Waals surface area (Å²) in [5, 5.41) is 13.0. The summed E-state index contributed by atoms with van der Waals surface area (Å²) in [4.78, 5) is 38.2. The van der Waals surface area contributed by atoms with E-state index in [1.165, 1.54) is 4.90 Å². The SMILES string of the molecule is O=C1CC[C@H](N2Cc3c(OCc4ccc(C(O)C5CCOCC5)cc4)cccc3C2=O)C(=O)N1. The van der Waals surface area contributed by atoms with Gasteiger partial charge in [0, 0.05) is 30.8 Å². The van der Waals surface area contributed by atoms with E-state index in [1.54, 1.807) is 12.1 Å². The molecule has 178 valence electrons. The molecule has 0 spiro atoms. The van der Waals surface area contributed by atoms with E-state index in [9.17, 15) is 19.5 Å². The molecule has 0 saturated carbocycles. The van der Waals surface area contributed by atoms with E-state index in [1.807, 2.05) is 30.3 Å². The van der Waals surface area contributed by atoms with Crippen LogP contribution in [0.3, 0.4) is 0 Å². The number of imide groups is 1. The van der Waals surface area contributed by atoms with Crippen LogP contribution in [0.2, 0.25) is 0 Å². The molecule has 2 N–H and O–H groups in total. The summed E-state index contributed by atoms with van der Waals surface area (Å²) < 4.78 is 11.4. The van der Waals surface area contributed by atoms with Gasteiger partial charge in [-0.05, 0) is 48.4 Å². The van der Waals surface area contributed by atoms with Gasteiger partial charge in [0.15, 0.2) is 0 Å². The molecule has 5 rings (SSSR count). The average Bonchev–Trinajstić information content (AvgIpc) is 3.20. The Labute approximate surface area is 197 Å². The molecule has 0 aliphatic carbocycles. The maximum atomic E-state index is 13.0. The molecule has 34 heavy (non-hydrogen) atoms. The highest BCUT2D eigenvalue weighted by atomic mass is 16.5. The van der Waals surface area contributed by atoms with Crippen LogP contribution in [-0.2, 0) is 27.5 Å². The molecule has 0 aromatic heterocycles. The predicted molar refractivity (Wildman–Crippen MR) is 122 cm³/mol. The second-order valence-electron chi connectivity index (χ2n) is 9.11. The van der Waals surface area contributed by atoms with Crippen molar-refractivity contribution in [3.05, 3.63) is 64.7 Å². The van der Waals surface area contributed by atoms with E-state index in [-0.39, 0.29) is 30.7 Å². The highest BCUT2D eigenvalue weighted by Gasteiger charge is 2.40. The minimum atomic E-state index is -0.653. The molecule has 3 aliphatic heterocycles.